The molecule has 0 saturated carbocycles. The van der Waals surface area contributed by atoms with Crippen molar-refractivity contribution in [1.82, 2.24) is 0 Å². The van der Waals surface area contributed by atoms with Crippen LogP contribution >= 0.6 is 11.3 Å². The first kappa shape index (κ1) is 28.0. The number of ether oxygens (including phenoxy) is 4. The van der Waals surface area contributed by atoms with Gasteiger partial charge in [-0.1, -0.05) is 107 Å². The van der Waals surface area contributed by atoms with Gasteiger partial charge in [0.15, 0.2) is 12.3 Å². The van der Waals surface area contributed by atoms with Crippen molar-refractivity contribution in [1.29, 1.82) is 0 Å². The topological polar surface area (TPSA) is 89.6 Å². The maximum absolute atomic E-state index is 9.61. The van der Waals surface area contributed by atoms with Crippen molar-refractivity contribution < 1.29 is 23.5 Å². The van der Waals surface area contributed by atoms with Crippen LogP contribution in [0.15, 0.2) is 108 Å². The lowest BCUT2D eigenvalue weighted by atomic mass is 9.92. The molecular formula is C31H33N4O4S+. The summed E-state index contributed by atoms with van der Waals surface area (Å²) in [5, 5.41) is 7.15. The van der Waals surface area contributed by atoms with Gasteiger partial charge in [0.2, 0.25) is 0 Å². The first-order chi connectivity index (χ1) is 19.7. The molecule has 0 N–H and O–H groups in total. The third-order valence-corrected chi connectivity index (χ3v) is 7.89. The van der Waals surface area contributed by atoms with Gasteiger partial charge in [0.05, 0.1) is 37.9 Å². The number of nitrogens with zero attached hydrogens (tertiary/aromatic N) is 4. The molecule has 206 valence electrons. The molecule has 1 aromatic heterocycles. The van der Waals surface area contributed by atoms with Gasteiger partial charge in [0, 0.05) is 4.91 Å². The average molecular weight is 558 g/mol. The number of hydrogen-bond acceptors (Lipinski definition) is 6. The fraction of sp³-hybridized carbons (Fsp3) is 0.323. The Labute approximate surface area is 238 Å². The average Bonchev–Trinajstić information content (AvgIpc) is 3.43. The Morgan fingerprint density at radius 3 is 1.90 bits per heavy atom. The first-order valence-corrected chi connectivity index (χ1v) is 14.2. The molecule has 5 atom stereocenters. The molecule has 5 rings (SSSR count). The zero-order valence-electron chi connectivity index (χ0n) is 22.4. The number of azide groups is 1. The van der Waals surface area contributed by atoms with Gasteiger partial charge in [-0.25, -0.2) is 0 Å². The Balaban J connectivity index is 1.45. The van der Waals surface area contributed by atoms with Crippen molar-refractivity contribution >= 4 is 11.3 Å². The van der Waals surface area contributed by atoms with Crippen molar-refractivity contribution in [2.75, 3.05) is 6.61 Å². The summed E-state index contributed by atoms with van der Waals surface area (Å²) in [5.74, 6) is 0. The summed E-state index contributed by atoms with van der Waals surface area (Å²) in [7, 11) is 1.96. The van der Waals surface area contributed by atoms with Crippen molar-refractivity contribution in [3.05, 3.63) is 135 Å². The van der Waals surface area contributed by atoms with E-state index in [2.05, 4.69) is 10.0 Å². The molecule has 8 nitrogen and oxygen atoms in total. The van der Waals surface area contributed by atoms with E-state index in [1.165, 1.54) is 0 Å². The summed E-state index contributed by atoms with van der Waals surface area (Å²) < 4.78 is 28.0. The van der Waals surface area contributed by atoms with Gasteiger partial charge in [0.25, 0.3) is 5.01 Å². The molecule has 0 spiro atoms. The normalized spacial score (nSPS) is 22.5. The fourth-order valence-corrected chi connectivity index (χ4v) is 5.80. The van der Waals surface area contributed by atoms with Gasteiger partial charge in [-0.05, 0) is 22.2 Å². The van der Waals surface area contributed by atoms with Crippen molar-refractivity contribution in [2.24, 2.45) is 12.2 Å². The van der Waals surface area contributed by atoms with E-state index in [1.54, 1.807) is 11.3 Å². The second-order valence-corrected chi connectivity index (χ2v) is 10.6. The van der Waals surface area contributed by atoms with Crippen molar-refractivity contribution in [3.8, 4) is 0 Å². The van der Waals surface area contributed by atoms with Gasteiger partial charge in [-0.2, -0.15) is 4.57 Å². The summed E-state index contributed by atoms with van der Waals surface area (Å²) in [6.45, 7) is 1.43. The van der Waals surface area contributed by atoms with Crippen LogP contribution < -0.4 is 4.57 Å². The van der Waals surface area contributed by atoms with Crippen LogP contribution in [0.25, 0.3) is 10.4 Å². The molecule has 1 saturated heterocycles. The van der Waals surface area contributed by atoms with Crippen LogP contribution in [0.2, 0.25) is 0 Å². The first-order valence-electron chi connectivity index (χ1n) is 13.3. The number of thiazole rings is 1. The third kappa shape index (κ3) is 7.14. The van der Waals surface area contributed by atoms with E-state index in [4.69, 9.17) is 18.9 Å². The minimum Gasteiger partial charge on any atom is -0.374 e. The maximum atomic E-state index is 9.61. The summed E-state index contributed by atoms with van der Waals surface area (Å²) in [4.78, 5) is 3.21. The third-order valence-electron chi connectivity index (χ3n) is 6.87. The molecule has 3 aromatic carbocycles. The molecule has 1 aliphatic rings. The molecule has 1 fully saturated rings. The molecule has 1 aliphatic heterocycles. The van der Waals surface area contributed by atoms with E-state index in [0.717, 1.165) is 21.7 Å². The van der Waals surface area contributed by atoms with E-state index >= 15 is 0 Å². The smallest absolute Gasteiger partial charge is 0.266 e. The zero-order chi connectivity index (χ0) is 27.6. The van der Waals surface area contributed by atoms with Crippen LogP contribution in [-0.4, -0.2) is 31.0 Å². The predicted octanol–water partition coefficient (Wildman–Crippen LogP) is 6.08. The van der Waals surface area contributed by atoms with Crippen LogP contribution in [0.4, 0.5) is 0 Å². The molecule has 0 radical (unpaired) electrons. The fourth-order valence-electron chi connectivity index (χ4n) is 4.86. The van der Waals surface area contributed by atoms with Gasteiger partial charge in [-0.3, -0.25) is 0 Å². The Morgan fingerprint density at radius 2 is 1.38 bits per heavy atom. The highest BCUT2D eigenvalue weighted by Gasteiger charge is 2.50. The SMILES string of the molecule is C[n+]1ccsc1[C@@H]1O[C@H](COCc2ccccc2)[C@H](OCc2ccccc2)[C@H](OCc2ccccc2)[C@H]1N=[N+]=[N-]. The summed E-state index contributed by atoms with van der Waals surface area (Å²) in [6, 6.07) is 29.3. The van der Waals surface area contributed by atoms with Crippen LogP contribution in [0.1, 0.15) is 27.8 Å². The summed E-state index contributed by atoms with van der Waals surface area (Å²) in [6.07, 6.45) is -0.147. The molecular weight excluding hydrogens is 524 g/mol. The highest BCUT2D eigenvalue weighted by molar-refractivity contribution is 7.09. The second kappa shape index (κ2) is 14.2. The van der Waals surface area contributed by atoms with Gasteiger partial charge < -0.3 is 18.9 Å². The van der Waals surface area contributed by atoms with E-state index in [0.29, 0.717) is 19.8 Å². The van der Waals surface area contributed by atoms with Crippen LogP contribution in [0.5, 0.6) is 0 Å². The zero-order valence-corrected chi connectivity index (χ0v) is 23.2. The molecule has 9 heteroatoms. The number of rotatable bonds is 12. The Kier molecular flexibility index (Phi) is 9.92. The van der Waals surface area contributed by atoms with Crippen molar-refractivity contribution in [2.45, 2.75) is 50.3 Å². The minimum absolute atomic E-state index is 0.286. The molecule has 0 unspecified atom stereocenters. The number of benzene rings is 3. The quantitative estimate of drug-likeness (QED) is 0.0914. The maximum Gasteiger partial charge on any atom is 0.266 e. The highest BCUT2D eigenvalue weighted by atomic mass is 32.1. The molecule has 0 aliphatic carbocycles. The van der Waals surface area contributed by atoms with E-state index in [-0.39, 0.29) is 6.61 Å². The standard InChI is InChI=1S/C31H33N4O4S/c1-35-17-18-40-31(35)30-27(33-34-32)29(38-21-25-15-9-4-10-16-25)28(37-20-24-13-7-3-8-14-24)26(39-30)22-36-19-23-11-5-2-6-12-23/h2-18,26-30H,19-22H2,1H3/q+1/t26-,27-,28+,29-,30-/m1/s1. The number of hydrogen-bond donors (Lipinski definition) is 0. The lowest BCUT2D eigenvalue weighted by Gasteiger charge is -2.43. The molecule has 4 aromatic rings. The summed E-state index contributed by atoms with van der Waals surface area (Å²) >= 11 is 1.55. The van der Waals surface area contributed by atoms with Gasteiger partial charge in [0.1, 0.15) is 25.3 Å². The summed E-state index contributed by atoms with van der Waals surface area (Å²) in [5.41, 5.74) is 12.7. The molecule has 0 amide bonds. The van der Waals surface area contributed by atoms with E-state index < -0.39 is 30.5 Å². The van der Waals surface area contributed by atoms with E-state index in [1.807, 2.05) is 114 Å². The lowest BCUT2D eigenvalue weighted by Crippen LogP contribution is -2.58. The monoisotopic (exact) mass is 557 g/mol. The molecule has 0 bridgehead atoms. The number of aryl methyl sites for hydroxylation is 1. The Hall–Kier alpha value is -3.56. The Bertz CT molecular complexity index is 1370. The van der Waals surface area contributed by atoms with Gasteiger partial charge >= 0.3 is 0 Å². The minimum atomic E-state index is -0.648. The van der Waals surface area contributed by atoms with E-state index in [9.17, 15) is 5.53 Å². The predicted molar refractivity (Wildman–Crippen MR) is 152 cm³/mol. The largest absolute Gasteiger partial charge is 0.374 e. The highest BCUT2D eigenvalue weighted by Crippen LogP contribution is 2.38. The number of aromatic nitrogens is 1. The Morgan fingerprint density at radius 1 is 0.825 bits per heavy atom. The van der Waals surface area contributed by atoms with Crippen LogP contribution in [-0.2, 0) is 45.8 Å². The van der Waals surface area contributed by atoms with Crippen LogP contribution in [0.3, 0.4) is 0 Å². The molecule has 2 heterocycles. The van der Waals surface area contributed by atoms with Crippen LogP contribution in [0, 0.1) is 0 Å². The molecule has 40 heavy (non-hydrogen) atoms. The van der Waals surface area contributed by atoms with Gasteiger partial charge in [-0.15, -0.1) is 0 Å². The van der Waals surface area contributed by atoms with Crippen molar-refractivity contribution in [3.63, 3.8) is 0 Å². The second-order valence-electron chi connectivity index (χ2n) is 9.67. The lowest BCUT2D eigenvalue weighted by molar-refractivity contribution is -0.678.